The third kappa shape index (κ3) is 3.54. The van der Waals surface area contributed by atoms with E-state index in [1.54, 1.807) is 6.20 Å². The van der Waals surface area contributed by atoms with Crippen LogP contribution in [0.3, 0.4) is 0 Å². The topological polar surface area (TPSA) is 43.2 Å². The van der Waals surface area contributed by atoms with E-state index in [4.69, 9.17) is 9.72 Å². The fourth-order valence-corrected chi connectivity index (χ4v) is 3.26. The summed E-state index contributed by atoms with van der Waals surface area (Å²) in [5, 5.41) is 4.29. The zero-order chi connectivity index (χ0) is 18.8. The van der Waals surface area contributed by atoms with Crippen molar-refractivity contribution in [2.75, 3.05) is 11.9 Å². The van der Waals surface area contributed by atoms with Crippen LogP contribution in [0.4, 0.5) is 5.82 Å². The summed E-state index contributed by atoms with van der Waals surface area (Å²) in [5.41, 5.74) is 4.47. The number of aromatic nitrogens is 3. The highest BCUT2D eigenvalue weighted by Gasteiger charge is 2.28. The maximum Gasteiger partial charge on any atom is 0.223 e. The Morgan fingerprint density at radius 1 is 1.15 bits per heavy atom. The lowest BCUT2D eigenvalue weighted by molar-refractivity contribution is 0.290. The Balaban J connectivity index is 0.000000565. The van der Waals surface area contributed by atoms with E-state index in [0.29, 0.717) is 12.6 Å². The zero-order valence-electron chi connectivity index (χ0n) is 16.2. The summed E-state index contributed by atoms with van der Waals surface area (Å²) in [5.74, 6) is 1.73. The second-order valence-corrected chi connectivity index (χ2v) is 7.15. The van der Waals surface area contributed by atoms with Gasteiger partial charge >= 0.3 is 0 Å². The summed E-state index contributed by atoms with van der Waals surface area (Å²) in [4.78, 5) is 6.98. The van der Waals surface area contributed by atoms with Gasteiger partial charge in [-0.2, -0.15) is 10.1 Å². The number of rotatable bonds is 3. The van der Waals surface area contributed by atoms with Crippen LogP contribution in [-0.4, -0.2) is 27.9 Å². The van der Waals surface area contributed by atoms with Gasteiger partial charge in [0.1, 0.15) is 12.4 Å². The average Bonchev–Trinajstić information content (AvgIpc) is 3.40. The van der Waals surface area contributed by atoms with E-state index in [-0.39, 0.29) is 0 Å². The Hall–Kier alpha value is -2.82. The second-order valence-electron chi connectivity index (χ2n) is 7.15. The first-order valence-corrected chi connectivity index (χ1v) is 9.71. The van der Waals surface area contributed by atoms with Crippen molar-refractivity contribution in [1.82, 2.24) is 14.8 Å². The van der Waals surface area contributed by atoms with Crippen LogP contribution in [0.1, 0.15) is 38.7 Å². The predicted octanol–water partition coefficient (Wildman–Crippen LogP) is 4.84. The molecular weight excluding hydrogens is 336 g/mol. The molecule has 5 heteroatoms. The monoisotopic (exact) mass is 362 g/mol. The van der Waals surface area contributed by atoms with Crippen molar-refractivity contribution in [3.8, 4) is 22.7 Å². The number of fused-ring (bicyclic) bond motifs is 3. The molecule has 3 aromatic rings. The van der Waals surface area contributed by atoms with Gasteiger partial charge in [-0.3, -0.25) is 0 Å². The molecule has 0 radical (unpaired) electrons. The van der Waals surface area contributed by atoms with Crippen molar-refractivity contribution in [1.29, 1.82) is 0 Å². The third-order valence-electron chi connectivity index (χ3n) is 4.81. The number of benzene rings is 1. The van der Waals surface area contributed by atoms with Crippen molar-refractivity contribution >= 4 is 5.82 Å². The van der Waals surface area contributed by atoms with Crippen molar-refractivity contribution in [3.05, 3.63) is 54.4 Å². The number of anilines is 1. The van der Waals surface area contributed by atoms with Gasteiger partial charge in [0, 0.05) is 31.0 Å². The van der Waals surface area contributed by atoms with E-state index in [0.717, 1.165) is 22.9 Å². The highest BCUT2D eigenvalue weighted by Crippen LogP contribution is 2.39. The number of pyridine rings is 1. The SMILES string of the molecule is CCC.CN(c1ccc2c(n1)OCc1cc(-n3cccn3)ccc1-2)C1CC1. The molecule has 0 bridgehead atoms. The third-order valence-corrected chi connectivity index (χ3v) is 4.81. The van der Waals surface area contributed by atoms with Gasteiger partial charge in [-0.05, 0) is 54.3 Å². The number of hydrogen-bond acceptors (Lipinski definition) is 4. The predicted molar refractivity (Wildman–Crippen MR) is 109 cm³/mol. The number of nitrogens with zero attached hydrogens (tertiary/aromatic N) is 4. The van der Waals surface area contributed by atoms with E-state index in [2.05, 4.69) is 61.2 Å². The summed E-state index contributed by atoms with van der Waals surface area (Å²) in [6, 6.07) is 13.1. The fraction of sp³-hybridized carbons (Fsp3) is 0.364. The van der Waals surface area contributed by atoms with Gasteiger partial charge in [-0.1, -0.05) is 26.3 Å². The van der Waals surface area contributed by atoms with Gasteiger partial charge < -0.3 is 9.64 Å². The smallest absolute Gasteiger partial charge is 0.223 e. The Labute approximate surface area is 160 Å². The van der Waals surface area contributed by atoms with Crippen molar-refractivity contribution in [3.63, 3.8) is 0 Å². The molecule has 2 aromatic heterocycles. The summed E-state index contributed by atoms with van der Waals surface area (Å²) in [6.07, 6.45) is 7.50. The summed E-state index contributed by atoms with van der Waals surface area (Å²) in [6.45, 7) is 4.79. The molecule has 0 unspecified atom stereocenters. The van der Waals surface area contributed by atoms with Gasteiger partial charge in [0.15, 0.2) is 0 Å². The van der Waals surface area contributed by atoms with E-state index in [1.807, 2.05) is 16.9 Å². The van der Waals surface area contributed by atoms with Crippen LogP contribution >= 0.6 is 0 Å². The Morgan fingerprint density at radius 3 is 2.63 bits per heavy atom. The van der Waals surface area contributed by atoms with Crippen molar-refractivity contribution in [2.45, 2.75) is 45.8 Å². The molecule has 0 saturated heterocycles. The fourth-order valence-electron chi connectivity index (χ4n) is 3.26. The maximum absolute atomic E-state index is 5.95. The van der Waals surface area contributed by atoms with Crippen molar-refractivity contribution < 1.29 is 4.74 Å². The van der Waals surface area contributed by atoms with Crippen LogP contribution in [0.5, 0.6) is 5.88 Å². The number of hydrogen-bond donors (Lipinski definition) is 0. The molecule has 1 fully saturated rings. The summed E-state index contributed by atoms with van der Waals surface area (Å²) < 4.78 is 7.81. The lowest BCUT2D eigenvalue weighted by Gasteiger charge is -2.23. The highest BCUT2D eigenvalue weighted by atomic mass is 16.5. The quantitative estimate of drug-likeness (QED) is 0.668. The molecule has 5 rings (SSSR count). The lowest BCUT2D eigenvalue weighted by atomic mass is 9.98. The van der Waals surface area contributed by atoms with Crippen LogP contribution in [0.25, 0.3) is 16.8 Å². The Morgan fingerprint density at radius 2 is 1.93 bits per heavy atom. The normalized spacial score (nSPS) is 14.3. The molecule has 0 N–H and O–H groups in total. The molecule has 0 atom stereocenters. The first-order chi connectivity index (χ1) is 13.2. The van der Waals surface area contributed by atoms with Crippen LogP contribution in [0, 0.1) is 0 Å². The minimum atomic E-state index is 0.543. The minimum Gasteiger partial charge on any atom is -0.472 e. The molecule has 3 heterocycles. The standard InChI is InChI=1S/C19H18N4O.C3H8/c1-22(14-3-4-14)18-8-7-17-16-6-5-15(23-10-2-9-20-23)11-13(16)12-24-19(17)21-18;1-3-2/h2,5-11,14H,3-4,12H2,1H3;3H2,1-2H3. The highest BCUT2D eigenvalue weighted by molar-refractivity contribution is 5.75. The molecule has 0 spiro atoms. The van der Waals surface area contributed by atoms with E-state index < -0.39 is 0 Å². The average molecular weight is 362 g/mol. The minimum absolute atomic E-state index is 0.543. The van der Waals surface area contributed by atoms with Gasteiger partial charge in [-0.25, -0.2) is 4.68 Å². The van der Waals surface area contributed by atoms with E-state index in [9.17, 15) is 0 Å². The Bertz CT molecular complexity index is 916. The first-order valence-electron chi connectivity index (χ1n) is 9.71. The molecule has 27 heavy (non-hydrogen) atoms. The van der Waals surface area contributed by atoms with Crippen LogP contribution in [0.2, 0.25) is 0 Å². The van der Waals surface area contributed by atoms with Crippen LogP contribution in [-0.2, 0) is 6.61 Å². The van der Waals surface area contributed by atoms with Crippen LogP contribution < -0.4 is 9.64 Å². The first kappa shape index (κ1) is 17.6. The van der Waals surface area contributed by atoms with Crippen LogP contribution in [0.15, 0.2) is 48.8 Å². The zero-order valence-corrected chi connectivity index (χ0v) is 16.2. The van der Waals surface area contributed by atoms with Gasteiger partial charge in [-0.15, -0.1) is 0 Å². The Kier molecular flexibility index (Phi) is 4.84. The maximum atomic E-state index is 5.95. The summed E-state index contributed by atoms with van der Waals surface area (Å²) >= 11 is 0. The molecular formula is C22H26N4O. The molecule has 0 amide bonds. The van der Waals surface area contributed by atoms with Gasteiger partial charge in [0.25, 0.3) is 0 Å². The largest absolute Gasteiger partial charge is 0.472 e. The molecule has 2 aliphatic rings. The molecule has 1 aliphatic heterocycles. The summed E-state index contributed by atoms with van der Waals surface area (Å²) in [7, 11) is 2.11. The lowest BCUT2D eigenvalue weighted by Crippen LogP contribution is -2.21. The van der Waals surface area contributed by atoms with Gasteiger partial charge in [0.05, 0.1) is 5.69 Å². The molecule has 1 aromatic carbocycles. The van der Waals surface area contributed by atoms with E-state index >= 15 is 0 Å². The van der Waals surface area contributed by atoms with Gasteiger partial charge in [0.2, 0.25) is 5.88 Å². The van der Waals surface area contributed by atoms with Crippen molar-refractivity contribution in [2.24, 2.45) is 0 Å². The molecule has 1 aliphatic carbocycles. The second kappa shape index (κ2) is 7.43. The molecule has 1 saturated carbocycles. The van der Waals surface area contributed by atoms with E-state index in [1.165, 1.54) is 30.4 Å². The molecule has 140 valence electrons. The molecule has 5 nitrogen and oxygen atoms in total. The number of ether oxygens (including phenoxy) is 1.